The van der Waals surface area contributed by atoms with Crippen molar-refractivity contribution >= 4 is 11.6 Å². The van der Waals surface area contributed by atoms with Gasteiger partial charge in [0, 0.05) is 11.7 Å². The maximum Gasteiger partial charge on any atom is 0.236 e. The monoisotopic (exact) mass is 242 g/mol. The van der Waals surface area contributed by atoms with Crippen LogP contribution in [0.1, 0.15) is 31.2 Å². The molecule has 18 heavy (non-hydrogen) atoms. The number of fused-ring (bicyclic) bond motifs is 4. The van der Waals surface area contributed by atoms with Crippen LogP contribution < -0.4 is 5.32 Å². The molecule has 0 bridgehead atoms. The first-order valence-corrected chi connectivity index (χ1v) is 6.97. The van der Waals surface area contributed by atoms with Crippen molar-refractivity contribution in [2.45, 2.75) is 37.1 Å². The van der Waals surface area contributed by atoms with Gasteiger partial charge in [-0.15, -0.1) is 0 Å². The fourth-order valence-electron chi connectivity index (χ4n) is 4.22. The number of anilines is 1. The number of benzene rings is 1. The van der Waals surface area contributed by atoms with E-state index in [4.69, 9.17) is 0 Å². The summed E-state index contributed by atoms with van der Waals surface area (Å²) in [6.45, 7) is 2.24. The number of carbonyl (C=O) groups is 1. The number of hydrogen-bond donors (Lipinski definition) is 1. The molecular formula is C15H18N2O. The molecule has 4 rings (SSSR count). The quantitative estimate of drug-likeness (QED) is 0.756. The second-order valence-corrected chi connectivity index (χ2v) is 5.77. The summed E-state index contributed by atoms with van der Waals surface area (Å²) in [4.78, 5) is 15.1. The molecule has 3 aliphatic rings. The summed E-state index contributed by atoms with van der Waals surface area (Å²) in [7, 11) is 0. The molecular weight excluding hydrogens is 224 g/mol. The van der Waals surface area contributed by atoms with Gasteiger partial charge in [0.25, 0.3) is 0 Å². The fourth-order valence-corrected chi connectivity index (χ4v) is 4.22. The van der Waals surface area contributed by atoms with Crippen molar-refractivity contribution in [3.8, 4) is 0 Å². The highest BCUT2D eigenvalue weighted by Crippen LogP contribution is 2.50. The Morgan fingerprint density at radius 1 is 1.22 bits per heavy atom. The van der Waals surface area contributed by atoms with Crippen molar-refractivity contribution < 1.29 is 4.79 Å². The summed E-state index contributed by atoms with van der Waals surface area (Å²) >= 11 is 0. The Hall–Kier alpha value is -1.35. The molecule has 1 N–H and O–H groups in total. The molecule has 0 aromatic heterocycles. The fraction of sp³-hybridized carbons (Fsp3) is 0.533. The number of nitrogens with zero attached hydrogens (tertiary/aromatic N) is 1. The molecule has 3 aliphatic heterocycles. The standard InChI is InChI=1S/C15H18N2O/c18-14-15(11-5-1-2-6-12(11)16-14)8-10-17-9-4-3-7-13(15)17/h1-2,5-6,13H,3-4,7-10H2,(H,16,18)/t13-,15+/m0/s1. The van der Waals surface area contributed by atoms with E-state index in [1.165, 1.54) is 31.4 Å². The van der Waals surface area contributed by atoms with E-state index in [1.807, 2.05) is 12.1 Å². The summed E-state index contributed by atoms with van der Waals surface area (Å²) < 4.78 is 0. The van der Waals surface area contributed by atoms with E-state index in [2.05, 4.69) is 22.3 Å². The molecule has 94 valence electrons. The van der Waals surface area contributed by atoms with Gasteiger partial charge in [-0.3, -0.25) is 9.69 Å². The molecule has 3 heteroatoms. The maximum absolute atomic E-state index is 12.6. The normalized spacial score (nSPS) is 34.4. The van der Waals surface area contributed by atoms with Gasteiger partial charge in [-0.1, -0.05) is 24.6 Å². The van der Waals surface area contributed by atoms with Crippen molar-refractivity contribution in [2.24, 2.45) is 0 Å². The molecule has 1 amide bonds. The van der Waals surface area contributed by atoms with E-state index in [0.717, 1.165) is 18.7 Å². The van der Waals surface area contributed by atoms with Gasteiger partial charge < -0.3 is 5.32 Å². The van der Waals surface area contributed by atoms with Gasteiger partial charge in [0.1, 0.15) is 0 Å². The highest BCUT2D eigenvalue weighted by molar-refractivity contribution is 6.07. The summed E-state index contributed by atoms with van der Waals surface area (Å²) in [6, 6.07) is 8.67. The van der Waals surface area contributed by atoms with Gasteiger partial charge in [0.2, 0.25) is 5.91 Å². The van der Waals surface area contributed by atoms with Crippen molar-refractivity contribution in [1.82, 2.24) is 4.90 Å². The SMILES string of the molecule is O=C1Nc2ccccc2[C@@]12CCN1CCCC[C@H]12. The minimum atomic E-state index is -0.253. The lowest BCUT2D eigenvalue weighted by molar-refractivity contribution is -0.122. The van der Waals surface area contributed by atoms with E-state index in [-0.39, 0.29) is 11.3 Å². The zero-order valence-electron chi connectivity index (χ0n) is 10.5. The van der Waals surface area contributed by atoms with Gasteiger partial charge >= 0.3 is 0 Å². The Morgan fingerprint density at radius 3 is 3.06 bits per heavy atom. The Bertz CT molecular complexity index is 513. The average Bonchev–Trinajstić information content (AvgIpc) is 2.92. The van der Waals surface area contributed by atoms with Crippen LogP contribution in [0.25, 0.3) is 0 Å². The lowest BCUT2D eigenvalue weighted by atomic mass is 9.73. The predicted octanol–water partition coefficient (Wildman–Crippen LogP) is 2.13. The van der Waals surface area contributed by atoms with E-state index in [1.54, 1.807) is 0 Å². The van der Waals surface area contributed by atoms with Crippen LogP contribution in [0, 0.1) is 0 Å². The van der Waals surface area contributed by atoms with Crippen LogP contribution in [0.2, 0.25) is 0 Å². The molecule has 3 heterocycles. The number of piperidine rings is 1. The largest absolute Gasteiger partial charge is 0.325 e. The molecule has 2 fully saturated rings. The Morgan fingerprint density at radius 2 is 2.11 bits per heavy atom. The Balaban J connectivity index is 1.85. The van der Waals surface area contributed by atoms with Gasteiger partial charge in [0.15, 0.2) is 0 Å². The van der Waals surface area contributed by atoms with Crippen LogP contribution in [-0.4, -0.2) is 29.9 Å². The predicted molar refractivity (Wildman–Crippen MR) is 70.6 cm³/mol. The summed E-state index contributed by atoms with van der Waals surface area (Å²) in [5.41, 5.74) is 2.02. The molecule has 2 atom stereocenters. The molecule has 2 saturated heterocycles. The molecule has 1 aromatic rings. The lowest BCUT2D eigenvalue weighted by Crippen LogP contribution is -2.48. The molecule has 1 spiro atoms. The Labute approximate surface area is 107 Å². The highest BCUT2D eigenvalue weighted by atomic mass is 16.2. The van der Waals surface area contributed by atoms with Crippen LogP contribution in [0.4, 0.5) is 5.69 Å². The number of amides is 1. The third-order valence-corrected chi connectivity index (χ3v) is 5.04. The second kappa shape index (κ2) is 3.58. The zero-order chi connectivity index (χ0) is 12.2. The number of nitrogens with one attached hydrogen (secondary N) is 1. The van der Waals surface area contributed by atoms with Crippen molar-refractivity contribution in [2.75, 3.05) is 18.4 Å². The highest BCUT2D eigenvalue weighted by Gasteiger charge is 2.57. The number of rotatable bonds is 0. The smallest absolute Gasteiger partial charge is 0.236 e. The van der Waals surface area contributed by atoms with Crippen LogP contribution in [0.3, 0.4) is 0 Å². The van der Waals surface area contributed by atoms with E-state index < -0.39 is 0 Å². The lowest BCUT2D eigenvalue weighted by Gasteiger charge is -2.37. The molecule has 3 nitrogen and oxygen atoms in total. The van der Waals surface area contributed by atoms with Gasteiger partial charge in [-0.2, -0.15) is 0 Å². The first kappa shape index (κ1) is 10.6. The van der Waals surface area contributed by atoms with Gasteiger partial charge in [0.05, 0.1) is 5.41 Å². The molecule has 0 saturated carbocycles. The molecule has 0 unspecified atom stereocenters. The summed E-state index contributed by atoms with van der Waals surface area (Å²) in [5, 5.41) is 3.10. The minimum Gasteiger partial charge on any atom is -0.325 e. The van der Waals surface area contributed by atoms with Crippen LogP contribution in [0.5, 0.6) is 0 Å². The van der Waals surface area contributed by atoms with Gasteiger partial charge in [-0.25, -0.2) is 0 Å². The Kier molecular flexibility index (Phi) is 2.10. The van der Waals surface area contributed by atoms with Gasteiger partial charge in [-0.05, 0) is 44.0 Å². The molecule has 0 aliphatic carbocycles. The summed E-state index contributed by atoms with van der Waals surface area (Å²) in [5.74, 6) is 0.234. The average molecular weight is 242 g/mol. The van der Waals surface area contributed by atoms with Crippen LogP contribution in [-0.2, 0) is 10.2 Å². The topological polar surface area (TPSA) is 32.3 Å². The van der Waals surface area contributed by atoms with E-state index in [9.17, 15) is 4.79 Å². The summed E-state index contributed by atoms with van der Waals surface area (Å²) in [6.07, 6.45) is 4.70. The number of carbonyl (C=O) groups excluding carboxylic acids is 1. The third kappa shape index (κ3) is 1.15. The first-order valence-electron chi connectivity index (χ1n) is 6.97. The maximum atomic E-state index is 12.6. The zero-order valence-corrected chi connectivity index (χ0v) is 10.5. The van der Waals surface area contributed by atoms with E-state index in [0.29, 0.717) is 6.04 Å². The van der Waals surface area contributed by atoms with Crippen LogP contribution >= 0.6 is 0 Å². The minimum absolute atomic E-state index is 0.234. The third-order valence-electron chi connectivity index (χ3n) is 5.04. The van der Waals surface area contributed by atoms with Crippen molar-refractivity contribution in [1.29, 1.82) is 0 Å². The molecule has 0 radical (unpaired) electrons. The van der Waals surface area contributed by atoms with Crippen molar-refractivity contribution in [3.63, 3.8) is 0 Å². The number of hydrogen-bond acceptors (Lipinski definition) is 2. The number of para-hydroxylation sites is 1. The second-order valence-electron chi connectivity index (χ2n) is 5.77. The van der Waals surface area contributed by atoms with Crippen molar-refractivity contribution in [3.05, 3.63) is 29.8 Å². The van der Waals surface area contributed by atoms with Crippen LogP contribution in [0.15, 0.2) is 24.3 Å². The van der Waals surface area contributed by atoms with E-state index >= 15 is 0 Å². The molecule has 1 aromatic carbocycles. The first-order chi connectivity index (χ1) is 8.82.